The first-order valence-electron chi connectivity index (χ1n) is 19.0. The SMILES string of the molecule is CN1NC(CNC[C@H](O)[C@@H](O)[C@H](O)[C@H](O)CO)=CN1CCOCCOC12CC3C[C@H](C1)CC(N(CC(=O)N1CCC[C@H]1C#N)C(=O)OC(C)(C)C)(C3)C2. The molecule has 2 heterocycles. The quantitative estimate of drug-likeness (QED) is 0.0869. The third-order valence-corrected chi connectivity index (χ3v) is 11.3. The minimum Gasteiger partial charge on any atom is -0.444 e. The van der Waals surface area contributed by atoms with Gasteiger partial charge in [-0.15, -0.1) is 5.12 Å². The van der Waals surface area contributed by atoms with Crippen LogP contribution in [0.4, 0.5) is 4.79 Å². The van der Waals surface area contributed by atoms with Crippen molar-refractivity contribution in [1.29, 1.82) is 5.26 Å². The van der Waals surface area contributed by atoms with Gasteiger partial charge in [0.15, 0.2) is 0 Å². The molecule has 7 N–H and O–H groups in total. The van der Waals surface area contributed by atoms with Crippen molar-refractivity contribution in [2.75, 3.05) is 66.2 Å². The Bertz CT molecular complexity index is 1330. The molecule has 2 aliphatic heterocycles. The van der Waals surface area contributed by atoms with Crippen LogP contribution < -0.4 is 10.7 Å². The van der Waals surface area contributed by atoms with E-state index in [2.05, 4.69) is 16.8 Å². The van der Waals surface area contributed by atoms with E-state index < -0.39 is 59.9 Å². The summed E-state index contributed by atoms with van der Waals surface area (Å²) in [6.45, 7) is 7.23. The number of likely N-dealkylation sites (tertiary alicyclic amines) is 1. The highest BCUT2D eigenvalue weighted by Gasteiger charge is 2.62. The number of hydrazine groups is 2. The molecule has 9 atom stereocenters. The number of carbonyl (C=O) groups excluding carboxylic acids is 2. The average Bonchev–Trinajstić information content (AvgIpc) is 3.72. The van der Waals surface area contributed by atoms with Crippen LogP contribution >= 0.6 is 0 Å². The first-order chi connectivity index (χ1) is 25.1. The second kappa shape index (κ2) is 17.3. The molecule has 17 nitrogen and oxygen atoms in total. The Morgan fingerprint density at radius 1 is 1.09 bits per heavy atom. The lowest BCUT2D eigenvalue weighted by atomic mass is 9.50. The summed E-state index contributed by atoms with van der Waals surface area (Å²) in [7, 11) is 1.85. The fraction of sp³-hybridized carbons (Fsp3) is 0.861. The minimum absolute atomic E-state index is 0.0507. The van der Waals surface area contributed by atoms with Gasteiger partial charge in [-0.2, -0.15) is 5.26 Å². The fourth-order valence-corrected chi connectivity index (χ4v) is 9.27. The van der Waals surface area contributed by atoms with E-state index in [1.165, 1.54) is 0 Å². The molecular formula is C36H61N7O10. The Hall–Kier alpha value is -2.79. The summed E-state index contributed by atoms with van der Waals surface area (Å²) in [6.07, 6.45) is 1.79. The molecule has 17 heteroatoms. The van der Waals surface area contributed by atoms with Crippen molar-refractivity contribution in [1.82, 2.24) is 30.7 Å². The summed E-state index contributed by atoms with van der Waals surface area (Å²) >= 11 is 0. The van der Waals surface area contributed by atoms with Crippen molar-refractivity contribution in [2.24, 2.45) is 11.8 Å². The number of aliphatic hydroxyl groups is 5. The highest BCUT2D eigenvalue weighted by atomic mass is 16.6. The van der Waals surface area contributed by atoms with E-state index in [1.807, 2.05) is 39.0 Å². The van der Waals surface area contributed by atoms with Gasteiger partial charge in [0.05, 0.1) is 62.0 Å². The number of nitrogens with one attached hydrogen (secondary N) is 2. The third kappa shape index (κ3) is 10.1. The Morgan fingerprint density at radius 3 is 2.45 bits per heavy atom. The van der Waals surface area contributed by atoms with Gasteiger partial charge in [0.2, 0.25) is 5.91 Å². The van der Waals surface area contributed by atoms with Gasteiger partial charge in [0.25, 0.3) is 0 Å². The first-order valence-corrected chi connectivity index (χ1v) is 19.0. The van der Waals surface area contributed by atoms with E-state index in [0.717, 1.165) is 44.2 Å². The molecule has 4 saturated carbocycles. The Kier molecular flexibility index (Phi) is 13.5. The predicted octanol–water partition coefficient (Wildman–Crippen LogP) is -0.603. The van der Waals surface area contributed by atoms with Crippen molar-refractivity contribution < 1.29 is 49.3 Å². The lowest BCUT2D eigenvalue weighted by molar-refractivity contribution is -0.202. The zero-order chi connectivity index (χ0) is 38.6. The number of amides is 2. The monoisotopic (exact) mass is 751 g/mol. The van der Waals surface area contributed by atoms with Gasteiger partial charge < -0.3 is 55.4 Å². The number of nitrogens with zero attached hydrogens (tertiary/aromatic N) is 5. The maximum absolute atomic E-state index is 13.9. The molecule has 4 bridgehead atoms. The fourth-order valence-electron chi connectivity index (χ4n) is 9.27. The molecule has 0 aromatic rings. The van der Waals surface area contributed by atoms with Crippen LogP contribution in [0.15, 0.2) is 11.9 Å². The van der Waals surface area contributed by atoms with Gasteiger partial charge in [-0.3, -0.25) is 14.7 Å². The minimum atomic E-state index is -1.67. The molecule has 4 aliphatic carbocycles. The number of carbonyl (C=O) groups is 2. The zero-order valence-electron chi connectivity index (χ0n) is 31.7. The zero-order valence-corrected chi connectivity index (χ0v) is 31.7. The molecule has 6 aliphatic rings. The number of ether oxygens (including phenoxy) is 3. The van der Waals surface area contributed by atoms with Crippen molar-refractivity contribution in [3.63, 3.8) is 0 Å². The van der Waals surface area contributed by atoms with E-state index in [-0.39, 0.29) is 19.0 Å². The molecule has 300 valence electrons. The number of hydrogen-bond donors (Lipinski definition) is 7. The molecule has 0 aromatic heterocycles. The molecule has 0 aromatic carbocycles. The van der Waals surface area contributed by atoms with Crippen molar-refractivity contribution in [3.8, 4) is 6.07 Å². The van der Waals surface area contributed by atoms with E-state index in [1.54, 1.807) is 14.9 Å². The summed E-state index contributed by atoms with van der Waals surface area (Å²) in [5, 5.41) is 64.7. The van der Waals surface area contributed by atoms with Crippen LogP contribution in [0.1, 0.15) is 72.1 Å². The second-order valence-corrected chi connectivity index (χ2v) is 16.7. The standard InChI is InChI=1S/C36H61N7O10/c1-34(2,3)53-33(50)43(21-30(47)42-7-5-6-27(42)17-37)35-13-24-12-25(14-35)16-36(15-24,23-35)52-11-10-51-9-8-41-20-26(39-40(41)4)18-38-19-28(45)31(48)32(49)29(46)22-44/h20,24-25,27-29,31-32,38-39,44-46,48-49H,5-16,18-19,21-23H2,1-4H3/t24-,25?,27-,28-,29+,31+,32+,35?,36?/m0/s1. The maximum atomic E-state index is 13.9. The number of hydrogen-bond acceptors (Lipinski definition) is 15. The maximum Gasteiger partial charge on any atom is 0.411 e. The van der Waals surface area contributed by atoms with Gasteiger partial charge in [0.1, 0.15) is 36.5 Å². The highest BCUT2D eigenvalue weighted by Crippen LogP contribution is 2.61. The number of aliphatic hydroxyl groups excluding tert-OH is 5. The lowest BCUT2D eigenvalue weighted by Gasteiger charge is -2.64. The summed E-state index contributed by atoms with van der Waals surface area (Å²) in [6, 6.07) is 1.78. The molecule has 1 saturated heterocycles. The largest absolute Gasteiger partial charge is 0.444 e. The number of nitriles is 1. The predicted molar refractivity (Wildman–Crippen MR) is 190 cm³/mol. The highest BCUT2D eigenvalue weighted by molar-refractivity contribution is 5.83. The van der Waals surface area contributed by atoms with Crippen LogP contribution in [0.3, 0.4) is 0 Å². The summed E-state index contributed by atoms with van der Waals surface area (Å²) < 4.78 is 18.6. The molecule has 6 rings (SSSR count). The van der Waals surface area contributed by atoms with Gasteiger partial charge in [-0.25, -0.2) is 4.79 Å². The number of rotatable bonds is 18. The Balaban J connectivity index is 1.10. The molecule has 5 fully saturated rings. The molecule has 0 spiro atoms. The van der Waals surface area contributed by atoms with Crippen LogP contribution in [0.25, 0.3) is 0 Å². The summed E-state index contributed by atoms with van der Waals surface area (Å²) in [5.41, 5.74) is 2.29. The second-order valence-electron chi connectivity index (χ2n) is 16.7. The van der Waals surface area contributed by atoms with Gasteiger partial charge in [0, 0.05) is 32.9 Å². The molecule has 0 radical (unpaired) electrons. The molecule has 2 amide bonds. The van der Waals surface area contributed by atoms with E-state index in [9.17, 15) is 35.3 Å². The van der Waals surface area contributed by atoms with Gasteiger partial charge in [-0.1, -0.05) is 0 Å². The lowest BCUT2D eigenvalue weighted by Crippen LogP contribution is -2.68. The topological polar surface area (TPSA) is 224 Å². The van der Waals surface area contributed by atoms with E-state index in [4.69, 9.17) is 19.3 Å². The first kappa shape index (κ1) is 41.4. The van der Waals surface area contributed by atoms with Crippen LogP contribution in [-0.4, -0.2) is 171 Å². The van der Waals surface area contributed by atoms with Crippen LogP contribution in [-0.2, 0) is 19.0 Å². The smallest absolute Gasteiger partial charge is 0.411 e. The van der Waals surface area contributed by atoms with Crippen molar-refractivity contribution in [2.45, 2.75) is 119 Å². The Morgan fingerprint density at radius 2 is 1.79 bits per heavy atom. The van der Waals surface area contributed by atoms with Crippen LogP contribution in [0.2, 0.25) is 0 Å². The Labute approximate surface area is 312 Å². The average molecular weight is 752 g/mol. The molecular weight excluding hydrogens is 690 g/mol. The normalized spacial score (nSPS) is 30.4. The third-order valence-electron chi connectivity index (χ3n) is 11.3. The summed E-state index contributed by atoms with van der Waals surface area (Å²) in [5.74, 6) is 0.550. The molecule has 53 heavy (non-hydrogen) atoms. The van der Waals surface area contributed by atoms with Gasteiger partial charge in [-0.05, 0) is 84.0 Å². The van der Waals surface area contributed by atoms with E-state index in [0.29, 0.717) is 64.1 Å². The van der Waals surface area contributed by atoms with Crippen molar-refractivity contribution >= 4 is 12.0 Å². The van der Waals surface area contributed by atoms with Crippen LogP contribution in [0, 0.1) is 23.2 Å². The van der Waals surface area contributed by atoms with Crippen molar-refractivity contribution in [3.05, 3.63) is 11.9 Å². The summed E-state index contributed by atoms with van der Waals surface area (Å²) in [4.78, 5) is 30.8. The van der Waals surface area contributed by atoms with Gasteiger partial charge >= 0.3 is 6.09 Å². The van der Waals surface area contributed by atoms with E-state index >= 15 is 0 Å². The van der Waals surface area contributed by atoms with Crippen LogP contribution in [0.5, 0.6) is 0 Å². The molecule has 3 unspecified atom stereocenters.